The fraction of sp³-hybridized carbons (Fsp3) is 0.231. The van der Waals surface area contributed by atoms with Crippen molar-refractivity contribution in [2.45, 2.75) is 32.4 Å². The van der Waals surface area contributed by atoms with Crippen molar-refractivity contribution >= 4 is 11.8 Å². The highest BCUT2D eigenvalue weighted by atomic mass is 16.5. The summed E-state index contributed by atoms with van der Waals surface area (Å²) in [5.74, 6) is 0.719. The minimum atomic E-state index is -0.343. The minimum absolute atomic E-state index is 0.106. The Morgan fingerprint density at radius 1 is 0.968 bits per heavy atom. The van der Waals surface area contributed by atoms with Crippen LogP contribution in [0.3, 0.4) is 0 Å². The minimum Gasteiger partial charge on any atom is -0.493 e. The maximum absolute atomic E-state index is 12.5. The van der Waals surface area contributed by atoms with Crippen LogP contribution in [-0.2, 0) is 22.6 Å². The summed E-state index contributed by atoms with van der Waals surface area (Å²) in [6.45, 7) is 2.66. The molecular formula is C26H26N2O3. The van der Waals surface area contributed by atoms with Crippen LogP contribution in [0.5, 0.6) is 5.75 Å². The lowest BCUT2D eigenvalue weighted by Crippen LogP contribution is -2.32. The molecule has 1 atom stereocenters. The van der Waals surface area contributed by atoms with E-state index >= 15 is 0 Å². The van der Waals surface area contributed by atoms with Crippen molar-refractivity contribution in [3.63, 3.8) is 0 Å². The van der Waals surface area contributed by atoms with Crippen LogP contribution in [0.15, 0.2) is 72.8 Å². The number of fused-ring (bicyclic) bond motifs is 1. The summed E-state index contributed by atoms with van der Waals surface area (Å²) in [6, 6.07) is 23.7. The van der Waals surface area contributed by atoms with E-state index < -0.39 is 0 Å². The molecule has 0 aromatic heterocycles. The first-order valence-electron chi connectivity index (χ1n) is 10.5. The van der Waals surface area contributed by atoms with Crippen LogP contribution in [0.25, 0.3) is 11.1 Å². The van der Waals surface area contributed by atoms with E-state index in [1.165, 1.54) is 18.1 Å². The first-order valence-corrected chi connectivity index (χ1v) is 10.5. The summed E-state index contributed by atoms with van der Waals surface area (Å²) in [4.78, 5) is 24.1. The molecule has 1 heterocycles. The summed E-state index contributed by atoms with van der Waals surface area (Å²) in [6.07, 6.45) is 1.15. The fourth-order valence-corrected chi connectivity index (χ4v) is 3.82. The maximum atomic E-state index is 12.5. The van der Waals surface area contributed by atoms with Gasteiger partial charge in [0, 0.05) is 19.9 Å². The Balaban J connectivity index is 1.35. The van der Waals surface area contributed by atoms with Gasteiger partial charge in [-0.05, 0) is 39.9 Å². The first-order chi connectivity index (χ1) is 15.1. The second-order valence-corrected chi connectivity index (χ2v) is 7.76. The molecule has 4 rings (SSSR count). The van der Waals surface area contributed by atoms with Crippen LogP contribution in [0, 0.1) is 0 Å². The molecule has 3 aromatic carbocycles. The molecule has 2 amide bonds. The van der Waals surface area contributed by atoms with E-state index in [0.29, 0.717) is 6.54 Å². The summed E-state index contributed by atoms with van der Waals surface area (Å²) < 4.78 is 5.58. The molecule has 0 fully saturated rings. The quantitative estimate of drug-likeness (QED) is 0.610. The zero-order chi connectivity index (χ0) is 21.6. The van der Waals surface area contributed by atoms with Crippen molar-refractivity contribution in [2.75, 3.05) is 6.61 Å². The highest BCUT2D eigenvalue weighted by molar-refractivity contribution is 5.79. The lowest BCUT2D eigenvalue weighted by Gasteiger charge is -2.18. The van der Waals surface area contributed by atoms with Crippen LogP contribution >= 0.6 is 0 Å². The number of hydrogen-bond acceptors (Lipinski definition) is 3. The highest BCUT2D eigenvalue weighted by Crippen LogP contribution is 2.30. The van der Waals surface area contributed by atoms with E-state index in [0.717, 1.165) is 35.5 Å². The Labute approximate surface area is 182 Å². The Morgan fingerprint density at radius 2 is 1.71 bits per heavy atom. The molecule has 1 unspecified atom stereocenters. The number of benzene rings is 3. The number of rotatable bonds is 7. The largest absolute Gasteiger partial charge is 0.493 e. The highest BCUT2D eigenvalue weighted by Gasteiger charge is 2.17. The number of carbonyl (C=O) groups is 2. The predicted octanol–water partition coefficient (Wildman–Crippen LogP) is 4.17. The van der Waals surface area contributed by atoms with E-state index in [9.17, 15) is 9.59 Å². The molecule has 1 aliphatic heterocycles. The van der Waals surface area contributed by atoms with Crippen LogP contribution in [0.1, 0.15) is 36.1 Å². The van der Waals surface area contributed by atoms with Crippen molar-refractivity contribution in [3.05, 3.63) is 89.5 Å². The van der Waals surface area contributed by atoms with Crippen molar-refractivity contribution in [1.29, 1.82) is 0 Å². The summed E-state index contributed by atoms with van der Waals surface area (Å²) in [7, 11) is 0. The van der Waals surface area contributed by atoms with E-state index in [4.69, 9.17) is 4.74 Å². The van der Waals surface area contributed by atoms with Crippen molar-refractivity contribution in [2.24, 2.45) is 0 Å². The molecule has 5 nitrogen and oxygen atoms in total. The summed E-state index contributed by atoms with van der Waals surface area (Å²) in [5.41, 5.74) is 5.50. The maximum Gasteiger partial charge on any atom is 0.222 e. The molecule has 158 valence electrons. The second kappa shape index (κ2) is 9.47. The number of carbonyl (C=O) groups excluding carboxylic acids is 2. The molecule has 1 aliphatic rings. The van der Waals surface area contributed by atoms with E-state index in [-0.39, 0.29) is 24.3 Å². The molecule has 2 N–H and O–H groups in total. The Hall–Kier alpha value is -3.60. The molecule has 31 heavy (non-hydrogen) atoms. The standard InChI is InChI=1S/C26H26N2O3/c1-18(29)28-24(21-5-3-2-4-6-21)16-26(30)27-17-19-7-9-20(10-8-19)22-11-12-25-23(15-22)13-14-31-25/h2-12,15,24H,13-14,16-17H2,1H3,(H,27,30)(H,28,29). The molecule has 3 aromatic rings. The average molecular weight is 415 g/mol. The van der Waals surface area contributed by atoms with E-state index in [1.807, 2.05) is 48.5 Å². The fourth-order valence-electron chi connectivity index (χ4n) is 3.82. The number of amides is 2. The van der Waals surface area contributed by atoms with Gasteiger partial charge in [-0.25, -0.2) is 0 Å². The van der Waals surface area contributed by atoms with Gasteiger partial charge in [0.2, 0.25) is 11.8 Å². The topological polar surface area (TPSA) is 67.4 Å². The van der Waals surface area contributed by atoms with Gasteiger partial charge in [0.05, 0.1) is 19.1 Å². The summed E-state index contributed by atoms with van der Waals surface area (Å²) >= 11 is 0. The molecule has 0 saturated carbocycles. The third kappa shape index (κ3) is 5.31. The first kappa shape index (κ1) is 20.7. The van der Waals surface area contributed by atoms with Gasteiger partial charge >= 0.3 is 0 Å². The van der Waals surface area contributed by atoms with Gasteiger partial charge in [-0.3, -0.25) is 9.59 Å². The summed E-state index contributed by atoms with van der Waals surface area (Å²) in [5, 5.41) is 5.82. The van der Waals surface area contributed by atoms with E-state index in [1.54, 1.807) is 0 Å². The SMILES string of the molecule is CC(=O)NC(CC(=O)NCc1ccc(-c2ccc3c(c2)CCO3)cc1)c1ccccc1. The smallest absolute Gasteiger partial charge is 0.222 e. The van der Waals surface area contributed by atoms with Gasteiger partial charge in [0.1, 0.15) is 5.75 Å². The molecule has 0 spiro atoms. The van der Waals surface area contributed by atoms with Crippen molar-refractivity contribution < 1.29 is 14.3 Å². The number of nitrogens with one attached hydrogen (secondary N) is 2. The molecule has 0 aliphatic carbocycles. The van der Waals surface area contributed by atoms with Gasteiger partial charge in [-0.2, -0.15) is 0 Å². The monoisotopic (exact) mass is 414 g/mol. The number of hydrogen-bond donors (Lipinski definition) is 2. The zero-order valence-corrected chi connectivity index (χ0v) is 17.6. The normalized spacial score (nSPS) is 13.1. The lowest BCUT2D eigenvalue weighted by molar-refractivity contribution is -0.122. The van der Waals surface area contributed by atoms with Gasteiger partial charge in [0.25, 0.3) is 0 Å². The second-order valence-electron chi connectivity index (χ2n) is 7.76. The zero-order valence-electron chi connectivity index (χ0n) is 17.6. The van der Waals surface area contributed by atoms with Crippen LogP contribution in [0.4, 0.5) is 0 Å². The number of ether oxygens (including phenoxy) is 1. The molecule has 0 radical (unpaired) electrons. The molecule has 5 heteroatoms. The predicted molar refractivity (Wildman–Crippen MR) is 121 cm³/mol. The molecule has 0 saturated heterocycles. The third-order valence-corrected chi connectivity index (χ3v) is 5.44. The van der Waals surface area contributed by atoms with Gasteiger partial charge in [-0.15, -0.1) is 0 Å². The average Bonchev–Trinajstić information content (AvgIpc) is 3.26. The van der Waals surface area contributed by atoms with Crippen molar-refractivity contribution in [1.82, 2.24) is 10.6 Å². The van der Waals surface area contributed by atoms with E-state index in [2.05, 4.69) is 34.9 Å². The Morgan fingerprint density at radius 3 is 2.45 bits per heavy atom. The Kier molecular flexibility index (Phi) is 6.32. The van der Waals surface area contributed by atoms with Gasteiger partial charge in [-0.1, -0.05) is 60.7 Å². The molecule has 0 bridgehead atoms. The van der Waals surface area contributed by atoms with Gasteiger partial charge < -0.3 is 15.4 Å². The molecular weight excluding hydrogens is 388 g/mol. The van der Waals surface area contributed by atoms with Gasteiger partial charge in [0.15, 0.2) is 0 Å². The van der Waals surface area contributed by atoms with Crippen molar-refractivity contribution in [3.8, 4) is 16.9 Å². The van der Waals surface area contributed by atoms with Crippen LogP contribution in [-0.4, -0.2) is 18.4 Å². The Bertz CT molecular complexity index is 1060. The van der Waals surface area contributed by atoms with Crippen LogP contribution in [0.2, 0.25) is 0 Å². The van der Waals surface area contributed by atoms with Crippen LogP contribution < -0.4 is 15.4 Å². The lowest BCUT2D eigenvalue weighted by atomic mass is 10.0. The third-order valence-electron chi connectivity index (χ3n) is 5.44.